The number of hydrogen-bond acceptors (Lipinski definition) is 6. The van der Waals surface area contributed by atoms with Crippen LogP contribution in [0, 0.1) is 5.92 Å². The molecule has 6 nitrogen and oxygen atoms in total. The number of aromatic hydroxyl groups is 2. The molecular weight excluding hydrogens is 450 g/mol. The molecule has 2 heterocycles. The van der Waals surface area contributed by atoms with Gasteiger partial charge in [0.1, 0.15) is 29.5 Å². The summed E-state index contributed by atoms with van der Waals surface area (Å²) in [6.45, 7) is 8.95. The predicted molar refractivity (Wildman–Crippen MR) is 135 cm³/mol. The van der Waals surface area contributed by atoms with E-state index in [-0.39, 0.29) is 16.7 Å². The Hall–Kier alpha value is -2.93. The largest absolute Gasteiger partial charge is 0.508 e. The molecule has 2 aromatic carbocycles. The summed E-state index contributed by atoms with van der Waals surface area (Å²) in [6, 6.07) is 11.6. The van der Waals surface area contributed by atoms with Gasteiger partial charge < -0.3 is 19.7 Å². The number of thiazole rings is 1. The molecule has 182 valence electrons. The summed E-state index contributed by atoms with van der Waals surface area (Å²) in [5.41, 5.74) is 2.49. The number of nitrogens with one attached hydrogen (secondary N) is 1. The third-order valence-electron chi connectivity index (χ3n) is 6.28. The first-order valence-electron chi connectivity index (χ1n) is 11.8. The van der Waals surface area contributed by atoms with Crippen molar-refractivity contribution in [1.29, 1.82) is 0 Å². The fourth-order valence-electron chi connectivity index (χ4n) is 4.65. The lowest BCUT2D eigenvalue weighted by Crippen LogP contribution is -2.46. The topological polar surface area (TPSA) is 91.8 Å². The Morgan fingerprint density at radius 2 is 1.88 bits per heavy atom. The minimum Gasteiger partial charge on any atom is -0.508 e. The lowest BCUT2D eigenvalue weighted by atomic mass is 9.84. The second-order valence-corrected chi connectivity index (χ2v) is 11.0. The molecule has 0 aliphatic carbocycles. The van der Waals surface area contributed by atoms with E-state index in [1.165, 1.54) is 0 Å². The molecule has 0 saturated heterocycles. The molecule has 0 spiro atoms. The standard InChI is InChI=1S/C27H33NO5S/c1-16(2)14-27(10-9-19-12-22(29)21(17(3)4)13-23(19)33-27)15-32-20-7-5-18(6-8-20)11-24-25(30)28-26(31)34-24/h5-8,12-13,16-17,29-30H,9-11,14-15H2,1-4H3,(H,28,31). The van der Waals surface area contributed by atoms with Gasteiger partial charge in [0, 0.05) is 12.0 Å². The van der Waals surface area contributed by atoms with Gasteiger partial charge in [-0.25, -0.2) is 0 Å². The molecular formula is C27H33NO5S. The van der Waals surface area contributed by atoms with Crippen LogP contribution in [-0.2, 0) is 12.8 Å². The van der Waals surface area contributed by atoms with Crippen LogP contribution in [0.2, 0.25) is 0 Å². The highest BCUT2D eigenvalue weighted by molar-refractivity contribution is 7.09. The van der Waals surface area contributed by atoms with E-state index in [1.807, 2.05) is 36.4 Å². The van der Waals surface area contributed by atoms with Crippen molar-refractivity contribution in [3.05, 3.63) is 67.6 Å². The molecule has 34 heavy (non-hydrogen) atoms. The number of H-pyrrole nitrogens is 1. The molecule has 7 heteroatoms. The van der Waals surface area contributed by atoms with Crippen molar-refractivity contribution in [3.63, 3.8) is 0 Å². The minimum atomic E-state index is -0.436. The van der Waals surface area contributed by atoms with E-state index in [2.05, 4.69) is 32.7 Å². The van der Waals surface area contributed by atoms with Gasteiger partial charge in [-0.2, -0.15) is 0 Å². The van der Waals surface area contributed by atoms with Crippen molar-refractivity contribution >= 4 is 11.3 Å². The lowest BCUT2D eigenvalue weighted by molar-refractivity contribution is -0.0149. The fraction of sp³-hybridized carbons (Fsp3) is 0.444. The molecule has 1 aliphatic heterocycles. The van der Waals surface area contributed by atoms with Gasteiger partial charge in [0.05, 0.1) is 4.88 Å². The Balaban J connectivity index is 1.48. The number of rotatable bonds is 8. The van der Waals surface area contributed by atoms with Crippen LogP contribution in [0.15, 0.2) is 41.2 Å². The maximum absolute atomic E-state index is 11.4. The molecule has 0 radical (unpaired) electrons. The Morgan fingerprint density at radius 3 is 2.50 bits per heavy atom. The zero-order chi connectivity index (χ0) is 24.5. The van der Waals surface area contributed by atoms with Crippen molar-refractivity contribution in [2.45, 2.75) is 64.9 Å². The van der Waals surface area contributed by atoms with Crippen molar-refractivity contribution in [2.75, 3.05) is 6.61 Å². The molecule has 1 atom stereocenters. The van der Waals surface area contributed by atoms with Gasteiger partial charge in [-0.3, -0.25) is 9.78 Å². The van der Waals surface area contributed by atoms with Crippen molar-refractivity contribution < 1.29 is 19.7 Å². The number of fused-ring (bicyclic) bond motifs is 1. The van der Waals surface area contributed by atoms with E-state index in [9.17, 15) is 15.0 Å². The van der Waals surface area contributed by atoms with Crippen LogP contribution >= 0.6 is 11.3 Å². The number of aryl methyl sites for hydroxylation is 1. The van der Waals surface area contributed by atoms with Crippen LogP contribution in [0.5, 0.6) is 23.1 Å². The Morgan fingerprint density at radius 1 is 1.15 bits per heavy atom. The Bertz CT molecular complexity index is 1190. The van der Waals surface area contributed by atoms with Crippen molar-refractivity contribution in [1.82, 2.24) is 4.98 Å². The Labute approximate surface area is 204 Å². The van der Waals surface area contributed by atoms with E-state index in [0.717, 1.165) is 58.8 Å². The van der Waals surface area contributed by atoms with Gasteiger partial charge in [-0.15, -0.1) is 0 Å². The molecule has 4 rings (SSSR count). The maximum Gasteiger partial charge on any atom is 0.307 e. The van der Waals surface area contributed by atoms with Gasteiger partial charge >= 0.3 is 4.87 Å². The first-order valence-corrected chi connectivity index (χ1v) is 12.6. The SMILES string of the molecule is CC(C)CC1(COc2ccc(Cc3sc(=O)[nH]c3O)cc2)CCc2cc(O)c(C(C)C)cc2O1. The molecule has 3 N–H and O–H groups in total. The van der Waals surface area contributed by atoms with Crippen LogP contribution in [0.25, 0.3) is 0 Å². The molecule has 0 amide bonds. The highest BCUT2D eigenvalue weighted by atomic mass is 32.1. The lowest BCUT2D eigenvalue weighted by Gasteiger charge is -2.40. The second kappa shape index (κ2) is 9.74. The van der Waals surface area contributed by atoms with Gasteiger partial charge in [-0.1, -0.05) is 51.2 Å². The first-order chi connectivity index (χ1) is 16.1. The summed E-state index contributed by atoms with van der Waals surface area (Å²) in [7, 11) is 0. The summed E-state index contributed by atoms with van der Waals surface area (Å²) in [4.78, 5) is 14.2. The number of phenolic OH excluding ortho intramolecular Hbond substituents is 1. The third kappa shape index (κ3) is 5.41. The molecule has 1 aromatic heterocycles. The second-order valence-electron chi connectivity index (χ2n) is 9.95. The normalized spacial score (nSPS) is 17.6. The first kappa shape index (κ1) is 24.2. The number of hydrogen-bond donors (Lipinski definition) is 3. The molecule has 1 aliphatic rings. The van der Waals surface area contributed by atoms with E-state index >= 15 is 0 Å². The minimum absolute atomic E-state index is 0.0605. The average Bonchev–Trinajstić information content (AvgIpc) is 3.09. The van der Waals surface area contributed by atoms with Gasteiger partial charge in [0.15, 0.2) is 0 Å². The smallest absolute Gasteiger partial charge is 0.307 e. The predicted octanol–water partition coefficient (Wildman–Crippen LogP) is 5.75. The average molecular weight is 484 g/mol. The van der Waals surface area contributed by atoms with Gasteiger partial charge in [-0.05, 0) is 66.5 Å². The van der Waals surface area contributed by atoms with E-state index in [4.69, 9.17) is 9.47 Å². The number of ether oxygens (including phenoxy) is 2. The molecule has 3 aromatic rings. The zero-order valence-corrected chi connectivity index (χ0v) is 21.0. The van der Waals surface area contributed by atoms with Crippen molar-refractivity contribution in [2.24, 2.45) is 5.92 Å². The summed E-state index contributed by atoms with van der Waals surface area (Å²) in [5, 5.41) is 20.2. The van der Waals surface area contributed by atoms with Crippen LogP contribution in [0.1, 0.15) is 68.0 Å². The highest BCUT2D eigenvalue weighted by Crippen LogP contribution is 2.41. The van der Waals surface area contributed by atoms with E-state index in [1.54, 1.807) is 0 Å². The van der Waals surface area contributed by atoms with E-state index < -0.39 is 5.60 Å². The number of phenols is 1. The van der Waals surface area contributed by atoms with Crippen LogP contribution in [0.4, 0.5) is 0 Å². The zero-order valence-electron chi connectivity index (χ0n) is 20.2. The monoisotopic (exact) mass is 483 g/mol. The summed E-state index contributed by atoms with van der Waals surface area (Å²) in [5.74, 6) is 2.52. The highest BCUT2D eigenvalue weighted by Gasteiger charge is 2.38. The molecule has 0 saturated carbocycles. The molecule has 0 fully saturated rings. The summed E-state index contributed by atoms with van der Waals surface area (Å²) < 4.78 is 12.8. The number of benzene rings is 2. The quantitative estimate of drug-likeness (QED) is 0.379. The van der Waals surface area contributed by atoms with Gasteiger partial charge in [0.2, 0.25) is 5.88 Å². The summed E-state index contributed by atoms with van der Waals surface area (Å²) >= 11 is 1.02. The van der Waals surface area contributed by atoms with Crippen LogP contribution < -0.4 is 14.3 Å². The van der Waals surface area contributed by atoms with Gasteiger partial charge in [0.25, 0.3) is 0 Å². The molecule has 1 unspecified atom stereocenters. The molecule has 0 bridgehead atoms. The number of aromatic nitrogens is 1. The maximum atomic E-state index is 11.4. The Kier molecular flexibility index (Phi) is 6.94. The van der Waals surface area contributed by atoms with E-state index in [0.29, 0.717) is 29.6 Å². The summed E-state index contributed by atoms with van der Waals surface area (Å²) in [6.07, 6.45) is 3.01. The van der Waals surface area contributed by atoms with Crippen molar-refractivity contribution in [3.8, 4) is 23.1 Å². The van der Waals surface area contributed by atoms with Crippen LogP contribution in [0.3, 0.4) is 0 Å². The number of aromatic amines is 1. The fourth-order valence-corrected chi connectivity index (χ4v) is 5.41. The third-order valence-corrected chi connectivity index (χ3v) is 7.15. The van der Waals surface area contributed by atoms with Crippen LogP contribution in [-0.4, -0.2) is 27.4 Å².